The third kappa shape index (κ3) is 2.01. The first-order valence-electron chi connectivity index (χ1n) is 5.02. The summed E-state index contributed by atoms with van der Waals surface area (Å²) in [5.41, 5.74) is 0. The van der Waals surface area contributed by atoms with Gasteiger partial charge in [0.2, 0.25) is 0 Å². The van der Waals surface area contributed by atoms with Gasteiger partial charge in [-0.15, -0.1) is 0 Å². The maximum absolute atomic E-state index is 5.47. The summed E-state index contributed by atoms with van der Waals surface area (Å²) < 4.78 is 6.21. The molecule has 3 nitrogen and oxygen atoms in total. The molecule has 0 aromatic carbocycles. The standard InChI is InChI=1S/C10H15BrN2O/c1-7(2)13-4-3-8(6-13)10-12-5-9(11)14-10/h5,7-8H,3-4,6H2,1-2H3. The molecule has 1 aromatic heterocycles. The van der Waals surface area contributed by atoms with E-state index in [-0.39, 0.29) is 0 Å². The smallest absolute Gasteiger partial charge is 0.200 e. The molecule has 2 heterocycles. The van der Waals surface area contributed by atoms with Gasteiger partial charge in [0.05, 0.1) is 6.20 Å². The van der Waals surface area contributed by atoms with Crippen molar-refractivity contribution in [1.29, 1.82) is 0 Å². The fourth-order valence-corrected chi connectivity index (χ4v) is 2.18. The quantitative estimate of drug-likeness (QED) is 0.817. The predicted molar refractivity (Wildman–Crippen MR) is 58.3 cm³/mol. The third-order valence-corrected chi connectivity index (χ3v) is 3.16. The van der Waals surface area contributed by atoms with Crippen molar-refractivity contribution in [3.05, 3.63) is 16.8 Å². The number of hydrogen-bond acceptors (Lipinski definition) is 3. The molecular weight excluding hydrogens is 244 g/mol. The molecule has 1 unspecified atom stereocenters. The summed E-state index contributed by atoms with van der Waals surface area (Å²) in [6.07, 6.45) is 2.89. The molecule has 1 aliphatic rings. The van der Waals surface area contributed by atoms with Crippen LogP contribution < -0.4 is 0 Å². The Morgan fingerprint density at radius 3 is 2.93 bits per heavy atom. The number of nitrogens with zero attached hydrogens (tertiary/aromatic N) is 2. The summed E-state index contributed by atoms with van der Waals surface area (Å²) in [6.45, 7) is 6.69. The molecule has 14 heavy (non-hydrogen) atoms. The first-order chi connectivity index (χ1) is 6.66. The molecule has 2 rings (SSSR count). The Morgan fingerprint density at radius 2 is 2.43 bits per heavy atom. The van der Waals surface area contributed by atoms with Crippen LogP contribution in [0.2, 0.25) is 0 Å². The van der Waals surface area contributed by atoms with E-state index in [2.05, 4.69) is 39.7 Å². The third-order valence-electron chi connectivity index (χ3n) is 2.79. The molecule has 1 aromatic rings. The van der Waals surface area contributed by atoms with E-state index in [0.717, 1.165) is 30.1 Å². The molecule has 0 spiro atoms. The SMILES string of the molecule is CC(C)N1CCC(c2ncc(Br)o2)C1. The van der Waals surface area contributed by atoms with Crippen LogP contribution in [0.1, 0.15) is 32.1 Å². The van der Waals surface area contributed by atoms with Crippen LogP contribution >= 0.6 is 15.9 Å². The molecule has 0 saturated carbocycles. The molecule has 1 saturated heterocycles. The molecule has 0 bridgehead atoms. The number of oxazole rings is 1. The summed E-state index contributed by atoms with van der Waals surface area (Å²) in [5, 5.41) is 0. The Hall–Kier alpha value is -0.350. The van der Waals surface area contributed by atoms with Gasteiger partial charge in [-0.2, -0.15) is 0 Å². The highest BCUT2D eigenvalue weighted by molar-refractivity contribution is 9.10. The minimum Gasteiger partial charge on any atom is -0.434 e. The molecule has 0 N–H and O–H groups in total. The van der Waals surface area contributed by atoms with Gasteiger partial charge in [0.25, 0.3) is 0 Å². The van der Waals surface area contributed by atoms with Crippen LogP contribution in [0, 0.1) is 0 Å². The zero-order chi connectivity index (χ0) is 10.1. The van der Waals surface area contributed by atoms with E-state index in [1.165, 1.54) is 0 Å². The second-order valence-electron chi connectivity index (χ2n) is 4.08. The lowest BCUT2D eigenvalue weighted by atomic mass is 10.1. The molecule has 1 aliphatic heterocycles. The maximum Gasteiger partial charge on any atom is 0.200 e. The predicted octanol–water partition coefficient (Wildman–Crippen LogP) is 2.63. The second-order valence-corrected chi connectivity index (χ2v) is 4.86. The van der Waals surface area contributed by atoms with E-state index in [1.807, 2.05) is 0 Å². The Bertz CT molecular complexity index is 311. The van der Waals surface area contributed by atoms with Gasteiger partial charge in [-0.1, -0.05) is 0 Å². The van der Waals surface area contributed by atoms with Crippen LogP contribution in [0.15, 0.2) is 15.3 Å². The normalized spacial score (nSPS) is 23.6. The van der Waals surface area contributed by atoms with Gasteiger partial charge in [-0.05, 0) is 42.7 Å². The largest absolute Gasteiger partial charge is 0.434 e. The van der Waals surface area contributed by atoms with E-state index in [9.17, 15) is 0 Å². The summed E-state index contributed by atoms with van der Waals surface area (Å²) in [4.78, 5) is 6.71. The van der Waals surface area contributed by atoms with Crippen molar-refractivity contribution >= 4 is 15.9 Å². The van der Waals surface area contributed by atoms with Crippen LogP contribution in [-0.2, 0) is 0 Å². The van der Waals surface area contributed by atoms with Crippen molar-refractivity contribution in [2.45, 2.75) is 32.2 Å². The van der Waals surface area contributed by atoms with Gasteiger partial charge in [0.15, 0.2) is 10.6 Å². The van der Waals surface area contributed by atoms with Crippen LogP contribution in [0.4, 0.5) is 0 Å². The number of aromatic nitrogens is 1. The first-order valence-corrected chi connectivity index (χ1v) is 5.81. The van der Waals surface area contributed by atoms with Gasteiger partial charge >= 0.3 is 0 Å². The molecule has 1 atom stereocenters. The Balaban J connectivity index is 2.02. The minimum absolute atomic E-state index is 0.476. The number of hydrogen-bond donors (Lipinski definition) is 0. The fourth-order valence-electron chi connectivity index (χ4n) is 1.91. The average Bonchev–Trinajstić information content (AvgIpc) is 2.70. The molecule has 0 radical (unpaired) electrons. The summed E-state index contributed by atoms with van der Waals surface area (Å²) in [5.74, 6) is 1.35. The van der Waals surface area contributed by atoms with E-state index < -0.39 is 0 Å². The zero-order valence-corrected chi connectivity index (χ0v) is 10.1. The summed E-state index contributed by atoms with van der Waals surface area (Å²) >= 11 is 3.28. The van der Waals surface area contributed by atoms with Crippen molar-refractivity contribution < 1.29 is 4.42 Å². The Labute approximate surface area is 92.6 Å². The molecule has 0 aliphatic carbocycles. The molecule has 0 amide bonds. The van der Waals surface area contributed by atoms with Crippen molar-refractivity contribution in [1.82, 2.24) is 9.88 Å². The molecule has 78 valence electrons. The fraction of sp³-hybridized carbons (Fsp3) is 0.700. The van der Waals surface area contributed by atoms with Crippen LogP contribution in [0.25, 0.3) is 0 Å². The van der Waals surface area contributed by atoms with Crippen molar-refractivity contribution in [3.63, 3.8) is 0 Å². The second kappa shape index (κ2) is 4.03. The lowest BCUT2D eigenvalue weighted by Gasteiger charge is -2.19. The lowest BCUT2D eigenvalue weighted by molar-refractivity contribution is 0.268. The Morgan fingerprint density at radius 1 is 1.64 bits per heavy atom. The van der Waals surface area contributed by atoms with Crippen molar-refractivity contribution in [2.75, 3.05) is 13.1 Å². The zero-order valence-electron chi connectivity index (χ0n) is 8.53. The highest BCUT2D eigenvalue weighted by Gasteiger charge is 2.28. The monoisotopic (exact) mass is 258 g/mol. The Kier molecular flexibility index (Phi) is 2.93. The number of likely N-dealkylation sites (tertiary alicyclic amines) is 1. The summed E-state index contributed by atoms with van der Waals surface area (Å²) in [6, 6.07) is 0.624. The summed E-state index contributed by atoms with van der Waals surface area (Å²) in [7, 11) is 0. The topological polar surface area (TPSA) is 29.3 Å². The lowest BCUT2D eigenvalue weighted by Crippen LogP contribution is -2.27. The van der Waals surface area contributed by atoms with Gasteiger partial charge in [0.1, 0.15) is 0 Å². The minimum atomic E-state index is 0.476. The average molecular weight is 259 g/mol. The van der Waals surface area contributed by atoms with E-state index in [4.69, 9.17) is 4.42 Å². The van der Waals surface area contributed by atoms with E-state index in [1.54, 1.807) is 6.20 Å². The van der Waals surface area contributed by atoms with E-state index in [0.29, 0.717) is 12.0 Å². The van der Waals surface area contributed by atoms with Gasteiger partial charge in [0, 0.05) is 18.5 Å². The van der Waals surface area contributed by atoms with Crippen LogP contribution in [0.5, 0.6) is 0 Å². The van der Waals surface area contributed by atoms with Gasteiger partial charge in [-0.25, -0.2) is 4.98 Å². The molecule has 4 heteroatoms. The molecule has 1 fully saturated rings. The maximum atomic E-state index is 5.47. The van der Waals surface area contributed by atoms with Gasteiger partial charge < -0.3 is 9.32 Å². The van der Waals surface area contributed by atoms with Crippen molar-refractivity contribution in [3.8, 4) is 0 Å². The van der Waals surface area contributed by atoms with Crippen LogP contribution in [-0.4, -0.2) is 29.0 Å². The van der Waals surface area contributed by atoms with Crippen molar-refractivity contribution in [2.24, 2.45) is 0 Å². The van der Waals surface area contributed by atoms with Crippen LogP contribution in [0.3, 0.4) is 0 Å². The first kappa shape index (κ1) is 10.2. The highest BCUT2D eigenvalue weighted by atomic mass is 79.9. The highest BCUT2D eigenvalue weighted by Crippen LogP contribution is 2.28. The number of halogens is 1. The van der Waals surface area contributed by atoms with Gasteiger partial charge in [-0.3, -0.25) is 0 Å². The van der Waals surface area contributed by atoms with E-state index >= 15 is 0 Å². The number of rotatable bonds is 2. The molecular formula is C10H15BrN2O.